The highest BCUT2D eigenvalue weighted by Crippen LogP contribution is 2.12. The summed E-state index contributed by atoms with van der Waals surface area (Å²) in [5, 5.41) is 7.36. The third-order valence-electron chi connectivity index (χ3n) is 4.18. The minimum Gasteiger partial charge on any atom is -0.497 e. The Kier molecular flexibility index (Phi) is 8.67. The molecule has 156 valence electrons. The van der Waals surface area contributed by atoms with Crippen molar-refractivity contribution in [3.05, 3.63) is 52.2 Å². The lowest BCUT2D eigenvalue weighted by Gasteiger charge is -2.20. The molecule has 2 amide bonds. The highest BCUT2D eigenvalue weighted by atomic mass is 32.1. The topological polar surface area (TPSA) is 93.7 Å². The zero-order chi connectivity index (χ0) is 21.2. The summed E-state index contributed by atoms with van der Waals surface area (Å²) in [6.07, 6.45) is 0.726. The fraction of sp³-hybridized carbons (Fsp3) is 0.381. The number of hydrogen-bond donors (Lipinski definition) is 2. The first-order valence-corrected chi connectivity index (χ1v) is 10.2. The van der Waals surface area contributed by atoms with E-state index in [1.165, 1.54) is 12.0 Å². The first-order chi connectivity index (χ1) is 13.9. The van der Waals surface area contributed by atoms with Crippen LogP contribution in [0.2, 0.25) is 0 Å². The van der Waals surface area contributed by atoms with Crippen LogP contribution in [0.4, 0.5) is 0 Å². The highest BCUT2D eigenvalue weighted by molar-refractivity contribution is 7.09. The summed E-state index contributed by atoms with van der Waals surface area (Å²) in [7, 11) is 1.54. The quantitative estimate of drug-likeness (QED) is 0.578. The molecular formula is C21H26N2O5S. The maximum Gasteiger partial charge on any atom is 0.329 e. The Hall–Kier alpha value is -2.87. The second kappa shape index (κ2) is 11.2. The average molecular weight is 419 g/mol. The van der Waals surface area contributed by atoms with Crippen molar-refractivity contribution < 1.29 is 23.9 Å². The van der Waals surface area contributed by atoms with Crippen LogP contribution in [0.1, 0.15) is 29.1 Å². The molecule has 7 nitrogen and oxygen atoms in total. The van der Waals surface area contributed by atoms with Crippen LogP contribution in [0, 0.1) is 5.92 Å². The average Bonchev–Trinajstić information content (AvgIpc) is 3.23. The number of nitrogens with one attached hydrogen (secondary N) is 2. The summed E-state index contributed by atoms with van der Waals surface area (Å²) in [4.78, 5) is 37.9. The predicted octanol–water partition coefficient (Wildman–Crippen LogP) is 2.41. The van der Waals surface area contributed by atoms with Crippen molar-refractivity contribution in [1.29, 1.82) is 0 Å². The molecule has 0 unspecified atom stereocenters. The minimum atomic E-state index is -0.858. The number of hydrogen-bond acceptors (Lipinski definition) is 6. The maximum atomic E-state index is 12.4. The van der Waals surface area contributed by atoms with Gasteiger partial charge in [-0.1, -0.05) is 19.9 Å². The molecule has 0 aliphatic carbocycles. The monoisotopic (exact) mass is 418 g/mol. The third kappa shape index (κ3) is 7.23. The molecule has 0 radical (unpaired) electrons. The molecule has 0 aliphatic rings. The predicted molar refractivity (Wildman–Crippen MR) is 111 cm³/mol. The molecule has 0 aliphatic heterocycles. The fourth-order valence-electron chi connectivity index (χ4n) is 2.52. The number of carbonyl (C=O) groups is 3. The summed E-state index contributed by atoms with van der Waals surface area (Å²) in [5.74, 6) is -0.990. The van der Waals surface area contributed by atoms with Gasteiger partial charge in [0.1, 0.15) is 11.8 Å². The van der Waals surface area contributed by atoms with Crippen molar-refractivity contribution in [3.8, 4) is 5.75 Å². The summed E-state index contributed by atoms with van der Waals surface area (Å²) < 4.78 is 10.2. The van der Waals surface area contributed by atoms with E-state index in [1.807, 2.05) is 17.5 Å². The molecule has 8 heteroatoms. The van der Waals surface area contributed by atoms with E-state index in [0.29, 0.717) is 17.9 Å². The molecule has 0 saturated carbocycles. The minimum absolute atomic E-state index is 0.202. The van der Waals surface area contributed by atoms with Gasteiger partial charge in [0.15, 0.2) is 6.61 Å². The van der Waals surface area contributed by atoms with Crippen LogP contribution >= 0.6 is 11.3 Å². The number of esters is 1. The van der Waals surface area contributed by atoms with Crippen LogP contribution in [0.3, 0.4) is 0 Å². The van der Waals surface area contributed by atoms with Gasteiger partial charge in [0.2, 0.25) is 0 Å². The van der Waals surface area contributed by atoms with Gasteiger partial charge in [-0.25, -0.2) is 4.79 Å². The standard InChI is InChI=1S/C21H26N2O5S/c1-14(2)19(23-20(25)15-6-8-16(27-3)9-7-15)21(26)28-13-18(24)22-11-10-17-5-4-12-29-17/h4-9,12,14,19H,10-11,13H2,1-3H3,(H,22,24)(H,23,25)/t19-/m0/s1. The zero-order valence-electron chi connectivity index (χ0n) is 16.8. The van der Waals surface area contributed by atoms with Crippen molar-refractivity contribution >= 4 is 29.1 Å². The van der Waals surface area contributed by atoms with Crippen molar-refractivity contribution in [2.24, 2.45) is 5.92 Å². The largest absolute Gasteiger partial charge is 0.497 e. The van der Waals surface area contributed by atoms with Gasteiger partial charge < -0.3 is 20.1 Å². The van der Waals surface area contributed by atoms with Crippen LogP contribution in [-0.4, -0.2) is 44.1 Å². The SMILES string of the molecule is COc1ccc(C(=O)N[C@H](C(=O)OCC(=O)NCCc2cccs2)C(C)C)cc1. The number of ether oxygens (including phenoxy) is 2. The number of methoxy groups -OCH3 is 1. The molecule has 1 atom stereocenters. The second-order valence-electron chi connectivity index (χ2n) is 6.71. The lowest BCUT2D eigenvalue weighted by atomic mass is 10.0. The molecule has 0 bridgehead atoms. The van der Waals surface area contributed by atoms with Gasteiger partial charge >= 0.3 is 5.97 Å². The van der Waals surface area contributed by atoms with E-state index >= 15 is 0 Å². The van der Waals surface area contributed by atoms with Crippen molar-refractivity contribution in [3.63, 3.8) is 0 Å². The summed E-state index contributed by atoms with van der Waals surface area (Å²) >= 11 is 1.62. The highest BCUT2D eigenvalue weighted by Gasteiger charge is 2.26. The Morgan fingerprint density at radius 3 is 2.41 bits per heavy atom. The Labute approximate surface area is 174 Å². The van der Waals surface area contributed by atoms with Gasteiger partial charge in [0, 0.05) is 17.0 Å². The normalized spacial score (nSPS) is 11.6. The molecule has 1 aromatic heterocycles. The molecule has 0 saturated heterocycles. The van der Waals surface area contributed by atoms with Crippen LogP contribution in [-0.2, 0) is 20.7 Å². The summed E-state index contributed by atoms with van der Waals surface area (Å²) in [5.41, 5.74) is 0.399. The molecule has 2 rings (SSSR count). The Balaban J connectivity index is 1.81. The molecule has 1 aromatic carbocycles. The van der Waals surface area contributed by atoms with Crippen molar-refractivity contribution in [2.75, 3.05) is 20.3 Å². The molecule has 2 aromatic rings. The van der Waals surface area contributed by atoms with Gasteiger partial charge in [-0.05, 0) is 48.1 Å². The van der Waals surface area contributed by atoms with Crippen LogP contribution in [0.5, 0.6) is 5.75 Å². The molecular weight excluding hydrogens is 392 g/mol. The van der Waals surface area contributed by atoms with E-state index in [2.05, 4.69) is 10.6 Å². The van der Waals surface area contributed by atoms with Gasteiger partial charge in [-0.15, -0.1) is 11.3 Å². The first kappa shape index (κ1) is 22.4. The fourth-order valence-corrected chi connectivity index (χ4v) is 3.23. The number of carbonyl (C=O) groups excluding carboxylic acids is 3. The molecule has 2 N–H and O–H groups in total. The number of amides is 2. The molecule has 29 heavy (non-hydrogen) atoms. The smallest absolute Gasteiger partial charge is 0.329 e. The van der Waals surface area contributed by atoms with Gasteiger partial charge in [-0.3, -0.25) is 9.59 Å². The summed E-state index contributed by atoms with van der Waals surface area (Å²) in [6, 6.07) is 9.64. The second-order valence-corrected chi connectivity index (χ2v) is 7.74. The maximum absolute atomic E-state index is 12.4. The molecule has 0 fully saturated rings. The summed E-state index contributed by atoms with van der Waals surface area (Å²) in [6.45, 7) is 3.67. The van der Waals surface area contributed by atoms with E-state index in [9.17, 15) is 14.4 Å². The Bertz CT molecular complexity index is 803. The van der Waals surface area contributed by atoms with Crippen molar-refractivity contribution in [1.82, 2.24) is 10.6 Å². The van der Waals surface area contributed by atoms with E-state index in [1.54, 1.807) is 49.4 Å². The molecule has 1 heterocycles. The van der Waals surface area contributed by atoms with Crippen LogP contribution < -0.4 is 15.4 Å². The molecule has 0 spiro atoms. The van der Waals surface area contributed by atoms with Gasteiger partial charge in [-0.2, -0.15) is 0 Å². The number of rotatable bonds is 10. The van der Waals surface area contributed by atoms with E-state index in [0.717, 1.165) is 6.42 Å². The number of benzene rings is 1. The lowest BCUT2D eigenvalue weighted by Crippen LogP contribution is -2.46. The van der Waals surface area contributed by atoms with Gasteiger partial charge in [0.05, 0.1) is 7.11 Å². The van der Waals surface area contributed by atoms with Crippen molar-refractivity contribution in [2.45, 2.75) is 26.3 Å². The first-order valence-electron chi connectivity index (χ1n) is 9.31. The Morgan fingerprint density at radius 2 is 1.83 bits per heavy atom. The zero-order valence-corrected chi connectivity index (χ0v) is 17.6. The van der Waals surface area contributed by atoms with E-state index in [4.69, 9.17) is 9.47 Å². The van der Waals surface area contributed by atoms with E-state index in [-0.39, 0.29) is 18.4 Å². The van der Waals surface area contributed by atoms with Crippen LogP contribution in [0.15, 0.2) is 41.8 Å². The Morgan fingerprint density at radius 1 is 1.10 bits per heavy atom. The van der Waals surface area contributed by atoms with E-state index < -0.39 is 17.9 Å². The third-order valence-corrected chi connectivity index (χ3v) is 5.11. The lowest BCUT2D eigenvalue weighted by molar-refractivity contribution is -0.151. The number of thiophene rings is 1. The van der Waals surface area contributed by atoms with Crippen LogP contribution in [0.25, 0.3) is 0 Å². The van der Waals surface area contributed by atoms with Gasteiger partial charge in [0.25, 0.3) is 11.8 Å².